The van der Waals surface area contributed by atoms with Crippen molar-refractivity contribution in [3.8, 4) is 0 Å². The first-order chi connectivity index (χ1) is 8.83. The standard InChI is InChI=1S/C16H16N2/c1-12-8-13(6-7-14-10-17-18-11-14)9-15-4-2-3-5-16(12)15/h2-5,8-11H,6-7H2,1H3,(H,17,18). The van der Waals surface area contributed by atoms with Gasteiger partial charge in [-0.25, -0.2) is 0 Å². The molecule has 1 N–H and O–H groups in total. The molecule has 0 saturated heterocycles. The summed E-state index contributed by atoms with van der Waals surface area (Å²) in [5, 5.41) is 9.52. The molecule has 0 aliphatic heterocycles. The fraction of sp³-hybridized carbons (Fsp3) is 0.188. The van der Waals surface area contributed by atoms with Crippen molar-refractivity contribution in [1.29, 1.82) is 0 Å². The number of fused-ring (bicyclic) bond motifs is 1. The molecule has 0 bridgehead atoms. The number of H-pyrrole nitrogens is 1. The Labute approximate surface area is 107 Å². The lowest BCUT2D eigenvalue weighted by Gasteiger charge is -2.06. The molecule has 2 nitrogen and oxygen atoms in total. The van der Waals surface area contributed by atoms with E-state index in [9.17, 15) is 0 Å². The number of rotatable bonds is 3. The smallest absolute Gasteiger partial charge is 0.0519 e. The number of nitrogens with zero attached hydrogens (tertiary/aromatic N) is 1. The number of aromatic amines is 1. The summed E-state index contributed by atoms with van der Waals surface area (Å²) in [5.74, 6) is 0. The third kappa shape index (κ3) is 2.14. The summed E-state index contributed by atoms with van der Waals surface area (Å²) in [6, 6.07) is 13.2. The predicted molar refractivity (Wildman–Crippen MR) is 74.7 cm³/mol. The molecule has 0 unspecified atom stereocenters. The molecule has 0 spiro atoms. The zero-order valence-corrected chi connectivity index (χ0v) is 10.5. The normalized spacial score (nSPS) is 10.9. The summed E-state index contributed by atoms with van der Waals surface area (Å²) in [4.78, 5) is 0. The minimum Gasteiger partial charge on any atom is -0.285 e. The highest BCUT2D eigenvalue weighted by atomic mass is 15.1. The van der Waals surface area contributed by atoms with Gasteiger partial charge in [-0.1, -0.05) is 36.4 Å². The number of nitrogens with one attached hydrogen (secondary N) is 1. The minimum absolute atomic E-state index is 1.04. The summed E-state index contributed by atoms with van der Waals surface area (Å²) in [7, 11) is 0. The summed E-state index contributed by atoms with van der Waals surface area (Å²) < 4.78 is 0. The molecule has 1 heterocycles. The van der Waals surface area contributed by atoms with Crippen LogP contribution in [0.4, 0.5) is 0 Å². The van der Waals surface area contributed by atoms with Gasteiger partial charge in [-0.05, 0) is 47.2 Å². The van der Waals surface area contributed by atoms with Gasteiger partial charge in [0.2, 0.25) is 0 Å². The Kier molecular flexibility index (Phi) is 2.85. The third-order valence-electron chi connectivity index (χ3n) is 3.39. The molecule has 0 aliphatic rings. The fourth-order valence-electron chi connectivity index (χ4n) is 2.43. The van der Waals surface area contributed by atoms with Crippen molar-refractivity contribution in [3.63, 3.8) is 0 Å². The van der Waals surface area contributed by atoms with Gasteiger partial charge < -0.3 is 0 Å². The first kappa shape index (κ1) is 11.0. The number of hydrogen-bond donors (Lipinski definition) is 1. The van der Waals surface area contributed by atoms with Gasteiger partial charge in [0.1, 0.15) is 0 Å². The Morgan fingerprint density at radius 3 is 2.72 bits per heavy atom. The lowest BCUT2D eigenvalue weighted by atomic mass is 9.98. The van der Waals surface area contributed by atoms with Crippen LogP contribution in [0.25, 0.3) is 10.8 Å². The van der Waals surface area contributed by atoms with Crippen LogP contribution >= 0.6 is 0 Å². The van der Waals surface area contributed by atoms with E-state index in [0.29, 0.717) is 0 Å². The van der Waals surface area contributed by atoms with Crippen molar-refractivity contribution < 1.29 is 0 Å². The van der Waals surface area contributed by atoms with Gasteiger partial charge in [-0.2, -0.15) is 5.10 Å². The molecule has 0 fully saturated rings. The van der Waals surface area contributed by atoms with E-state index in [-0.39, 0.29) is 0 Å². The van der Waals surface area contributed by atoms with Crippen LogP contribution in [0.2, 0.25) is 0 Å². The van der Waals surface area contributed by atoms with E-state index >= 15 is 0 Å². The van der Waals surface area contributed by atoms with Crippen LogP contribution in [0.5, 0.6) is 0 Å². The summed E-state index contributed by atoms with van der Waals surface area (Å²) in [5.41, 5.74) is 4.02. The monoisotopic (exact) mass is 236 g/mol. The fourth-order valence-corrected chi connectivity index (χ4v) is 2.43. The van der Waals surface area contributed by atoms with E-state index in [4.69, 9.17) is 0 Å². The van der Waals surface area contributed by atoms with Crippen LogP contribution < -0.4 is 0 Å². The van der Waals surface area contributed by atoms with E-state index in [1.165, 1.54) is 27.5 Å². The molecule has 1 aromatic heterocycles. The third-order valence-corrected chi connectivity index (χ3v) is 3.39. The zero-order valence-electron chi connectivity index (χ0n) is 10.5. The van der Waals surface area contributed by atoms with Crippen molar-refractivity contribution >= 4 is 10.8 Å². The highest BCUT2D eigenvalue weighted by molar-refractivity contribution is 5.86. The molecule has 0 saturated carbocycles. The van der Waals surface area contributed by atoms with Crippen LogP contribution in [-0.4, -0.2) is 10.2 Å². The molecule has 0 radical (unpaired) electrons. The summed E-state index contributed by atoms with van der Waals surface area (Å²) >= 11 is 0. The number of hydrogen-bond acceptors (Lipinski definition) is 1. The summed E-state index contributed by atoms with van der Waals surface area (Å²) in [6.45, 7) is 2.18. The average Bonchev–Trinajstić information content (AvgIpc) is 2.90. The minimum atomic E-state index is 1.04. The lowest BCUT2D eigenvalue weighted by molar-refractivity contribution is 0.962. The molecule has 0 aliphatic carbocycles. The highest BCUT2D eigenvalue weighted by Crippen LogP contribution is 2.21. The van der Waals surface area contributed by atoms with Crippen molar-refractivity contribution in [2.24, 2.45) is 0 Å². The van der Waals surface area contributed by atoms with E-state index in [1.807, 2.05) is 12.4 Å². The second-order valence-corrected chi connectivity index (χ2v) is 4.74. The van der Waals surface area contributed by atoms with E-state index in [0.717, 1.165) is 12.8 Å². The molecule has 18 heavy (non-hydrogen) atoms. The maximum atomic E-state index is 3.98. The SMILES string of the molecule is Cc1cc(CCc2cn[nH]c2)cc2ccccc12. The molecule has 3 aromatic rings. The highest BCUT2D eigenvalue weighted by Gasteiger charge is 2.01. The summed E-state index contributed by atoms with van der Waals surface area (Å²) in [6.07, 6.45) is 5.96. The zero-order chi connectivity index (χ0) is 12.4. The topological polar surface area (TPSA) is 28.7 Å². The van der Waals surface area contributed by atoms with Crippen LogP contribution in [0, 0.1) is 6.92 Å². The first-order valence-electron chi connectivity index (χ1n) is 6.29. The van der Waals surface area contributed by atoms with Crippen molar-refractivity contribution in [3.05, 3.63) is 65.5 Å². The second kappa shape index (κ2) is 4.65. The van der Waals surface area contributed by atoms with Crippen LogP contribution in [0.15, 0.2) is 48.8 Å². The lowest BCUT2D eigenvalue weighted by Crippen LogP contribution is -1.91. The molecule has 2 aromatic carbocycles. The Morgan fingerprint density at radius 2 is 1.89 bits per heavy atom. The number of benzene rings is 2. The molecule has 3 rings (SSSR count). The Hall–Kier alpha value is -2.09. The average molecular weight is 236 g/mol. The van der Waals surface area contributed by atoms with Crippen LogP contribution in [0.3, 0.4) is 0 Å². The number of aryl methyl sites for hydroxylation is 3. The number of aromatic nitrogens is 2. The Balaban J connectivity index is 1.88. The van der Waals surface area contributed by atoms with Crippen LogP contribution in [-0.2, 0) is 12.8 Å². The van der Waals surface area contributed by atoms with Gasteiger partial charge in [-0.3, -0.25) is 5.10 Å². The molecule has 2 heteroatoms. The van der Waals surface area contributed by atoms with Gasteiger partial charge in [0.05, 0.1) is 6.20 Å². The first-order valence-corrected chi connectivity index (χ1v) is 6.29. The van der Waals surface area contributed by atoms with E-state index in [2.05, 4.69) is 53.5 Å². The Bertz CT molecular complexity index is 654. The van der Waals surface area contributed by atoms with Gasteiger partial charge in [0.15, 0.2) is 0 Å². The molecule has 0 atom stereocenters. The molecule has 0 amide bonds. The van der Waals surface area contributed by atoms with E-state index in [1.54, 1.807) is 0 Å². The maximum Gasteiger partial charge on any atom is 0.0519 e. The van der Waals surface area contributed by atoms with Crippen molar-refractivity contribution in [2.45, 2.75) is 19.8 Å². The van der Waals surface area contributed by atoms with Crippen molar-refractivity contribution in [1.82, 2.24) is 10.2 Å². The maximum absolute atomic E-state index is 3.98. The molecule has 90 valence electrons. The predicted octanol–water partition coefficient (Wildman–Crippen LogP) is 3.66. The second-order valence-electron chi connectivity index (χ2n) is 4.74. The Morgan fingerprint density at radius 1 is 1.06 bits per heavy atom. The molecular formula is C16H16N2. The van der Waals surface area contributed by atoms with Crippen LogP contribution in [0.1, 0.15) is 16.7 Å². The largest absolute Gasteiger partial charge is 0.285 e. The van der Waals surface area contributed by atoms with Gasteiger partial charge in [0.25, 0.3) is 0 Å². The van der Waals surface area contributed by atoms with Gasteiger partial charge in [-0.15, -0.1) is 0 Å². The molecular weight excluding hydrogens is 220 g/mol. The van der Waals surface area contributed by atoms with Gasteiger partial charge in [0, 0.05) is 6.20 Å². The van der Waals surface area contributed by atoms with Crippen molar-refractivity contribution in [2.75, 3.05) is 0 Å². The quantitative estimate of drug-likeness (QED) is 0.738. The van der Waals surface area contributed by atoms with Gasteiger partial charge >= 0.3 is 0 Å². The van der Waals surface area contributed by atoms with E-state index < -0.39 is 0 Å².